The summed E-state index contributed by atoms with van der Waals surface area (Å²) in [5.74, 6) is 0.430. The zero-order valence-electron chi connectivity index (χ0n) is 12.8. The van der Waals surface area contributed by atoms with Gasteiger partial charge in [0, 0.05) is 11.1 Å². The molecular formula is C19H20O3. The first-order valence-corrected chi connectivity index (χ1v) is 7.08. The van der Waals surface area contributed by atoms with Crippen molar-refractivity contribution in [2.45, 2.75) is 20.0 Å². The number of phenols is 2. The average Bonchev–Trinajstić information content (AvgIpc) is 2.51. The van der Waals surface area contributed by atoms with Crippen molar-refractivity contribution in [2.75, 3.05) is 0 Å². The van der Waals surface area contributed by atoms with Crippen molar-refractivity contribution in [1.29, 1.82) is 0 Å². The highest BCUT2D eigenvalue weighted by molar-refractivity contribution is 5.60. The number of aryl methyl sites for hydroxylation is 1. The Balaban J connectivity index is 2.12. The van der Waals surface area contributed by atoms with Crippen LogP contribution in [0.15, 0.2) is 49.2 Å². The minimum absolute atomic E-state index is 0.200. The topological polar surface area (TPSA) is 49.7 Å². The number of phenolic OH excluding ortho intramolecular Hbond substituents is 2. The molecule has 0 saturated heterocycles. The lowest BCUT2D eigenvalue weighted by Crippen LogP contribution is -1.98. The lowest BCUT2D eigenvalue weighted by Gasteiger charge is -2.16. The zero-order valence-corrected chi connectivity index (χ0v) is 12.8. The van der Waals surface area contributed by atoms with Crippen molar-refractivity contribution in [2.24, 2.45) is 0 Å². The molecule has 1 atom stereocenters. The molecule has 0 aliphatic rings. The quantitative estimate of drug-likeness (QED) is 0.779. The first-order valence-electron chi connectivity index (χ1n) is 7.08. The minimum atomic E-state index is -0.285. The standard InChI is InChI=1S/C19H20O3/c1-4-16-11-13(2)12-18(19(16)21)14(3)22-10-9-15-5-7-17(20)8-6-15/h4-12,14,20-21H,1H2,2-3H3. The van der Waals surface area contributed by atoms with E-state index in [1.807, 2.05) is 26.0 Å². The van der Waals surface area contributed by atoms with Crippen LogP contribution in [0.5, 0.6) is 11.5 Å². The van der Waals surface area contributed by atoms with Crippen LogP contribution in [0, 0.1) is 6.92 Å². The van der Waals surface area contributed by atoms with E-state index in [0.29, 0.717) is 5.56 Å². The molecule has 3 nitrogen and oxygen atoms in total. The van der Waals surface area contributed by atoms with E-state index in [1.54, 1.807) is 42.7 Å². The maximum Gasteiger partial charge on any atom is 0.129 e. The second-order valence-electron chi connectivity index (χ2n) is 5.17. The second-order valence-corrected chi connectivity index (χ2v) is 5.17. The molecule has 0 aromatic heterocycles. The van der Waals surface area contributed by atoms with Crippen LogP contribution in [0.2, 0.25) is 0 Å². The number of hydrogen-bond donors (Lipinski definition) is 2. The Morgan fingerprint density at radius 3 is 2.45 bits per heavy atom. The van der Waals surface area contributed by atoms with Crippen molar-refractivity contribution in [3.8, 4) is 11.5 Å². The summed E-state index contributed by atoms with van der Waals surface area (Å²) >= 11 is 0. The van der Waals surface area contributed by atoms with E-state index in [-0.39, 0.29) is 17.6 Å². The van der Waals surface area contributed by atoms with Gasteiger partial charge in [-0.2, -0.15) is 0 Å². The Hall–Kier alpha value is -2.68. The lowest BCUT2D eigenvalue weighted by atomic mass is 10.0. The number of aromatic hydroxyl groups is 2. The highest BCUT2D eigenvalue weighted by atomic mass is 16.5. The SMILES string of the molecule is C=Cc1cc(C)cc(C(C)OC=Cc2ccc(O)cc2)c1O. The van der Waals surface area contributed by atoms with Crippen molar-refractivity contribution >= 4 is 12.2 Å². The first-order chi connectivity index (χ1) is 10.5. The van der Waals surface area contributed by atoms with Crippen LogP contribution >= 0.6 is 0 Å². The molecule has 0 heterocycles. The predicted molar refractivity (Wildman–Crippen MR) is 89.6 cm³/mol. The molecule has 2 aromatic rings. The van der Waals surface area contributed by atoms with Crippen LogP contribution in [0.25, 0.3) is 12.2 Å². The van der Waals surface area contributed by atoms with Crippen LogP contribution in [-0.2, 0) is 4.74 Å². The Labute approximate surface area is 130 Å². The third-order valence-corrected chi connectivity index (χ3v) is 3.41. The monoisotopic (exact) mass is 296 g/mol. The zero-order chi connectivity index (χ0) is 16.1. The van der Waals surface area contributed by atoms with Crippen LogP contribution in [-0.4, -0.2) is 10.2 Å². The number of benzene rings is 2. The van der Waals surface area contributed by atoms with E-state index >= 15 is 0 Å². The van der Waals surface area contributed by atoms with Crippen LogP contribution in [0.4, 0.5) is 0 Å². The van der Waals surface area contributed by atoms with Gasteiger partial charge in [0.15, 0.2) is 0 Å². The average molecular weight is 296 g/mol. The van der Waals surface area contributed by atoms with E-state index < -0.39 is 0 Å². The number of rotatable bonds is 5. The van der Waals surface area contributed by atoms with Crippen molar-refractivity contribution < 1.29 is 14.9 Å². The minimum Gasteiger partial charge on any atom is -0.508 e. The summed E-state index contributed by atoms with van der Waals surface area (Å²) in [6, 6.07) is 10.6. The fourth-order valence-corrected chi connectivity index (χ4v) is 2.20. The summed E-state index contributed by atoms with van der Waals surface area (Å²) in [5.41, 5.74) is 3.39. The lowest BCUT2D eigenvalue weighted by molar-refractivity contribution is 0.163. The van der Waals surface area contributed by atoms with E-state index in [4.69, 9.17) is 4.74 Å². The van der Waals surface area contributed by atoms with Gasteiger partial charge in [-0.3, -0.25) is 0 Å². The molecule has 0 fully saturated rings. The molecule has 114 valence electrons. The molecule has 3 heteroatoms. The van der Waals surface area contributed by atoms with Crippen molar-refractivity contribution in [3.63, 3.8) is 0 Å². The van der Waals surface area contributed by atoms with Crippen LogP contribution in [0.1, 0.15) is 35.3 Å². The van der Waals surface area contributed by atoms with Crippen molar-refractivity contribution in [1.82, 2.24) is 0 Å². The normalized spacial score (nSPS) is 12.3. The maximum atomic E-state index is 10.2. The summed E-state index contributed by atoms with van der Waals surface area (Å²) in [4.78, 5) is 0. The van der Waals surface area contributed by atoms with E-state index in [0.717, 1.165) is 16.7 Å². The Bertz CT molecular complexity index is 685. The fourth-order valence-electron chi connectivity index (χ4n) is 2.20. The van der Waals surface area contributed by atoms with Crippen molar-refractivity contribution in [3.05, 3.63) is 71.5 Å². The van der Waals surface area contributed by atoms with Gasteiger partial charge in [0.2, 0.25) is 0 Å². The Kier molecular flexibility index (Phi) is 4.89. The maximum absolute atomic E-state index is 10.2. The second kappa shape index (κ2) is 6.85. The van der Waals surface area contributed by atoms with Gasteiger partial charge in [-0.05, 0) is 55.3 Å². The molecule has 0 amide bonds. The summed E-state index contributed by atoms with van der Waals surface area (Å²) in [5, 5.41) is 19.5. The molecule has 0 saturated carbocycles. The fraction of sp³-hybridized carbons (Fsp3) is 0.158. The van der Waals surface area contributed by atoms with Crippen LogP contribution in [0.3, 0.4) is 0 Å². The van der Waals surface area contributed by atoms with E-state index in [9.17, 15) is 10.2 Å². The first kappa shape index (κ1) is 15.7. The van der Waals surface area contributed by atoms with Gasteiger partial charge in [-0.15, -0.1) is 0 Å². The van der Waals surface area contributed by atoms with Gasteiger partial charge >= 0.3 is 0 Å². The summed E-state index contributed by atoms with van der Waals surface area (Å²) in [6.07, 6.45) is 4.74. The molecule has 0 aliphatic carbocycles. The number of hydrogen-bond acceptors (Lipinski definition) is 3. The van der Waals surface area contributed by atoms with E-state index in [1.165, 1.54) is 0 Å². The summed E-state index contributed by atoms with van der Waals surface area (Å²) < 4.78 is 5.66. The molecule has 0 radical (unpaired) electrons. The molecule has 0 spiro atoms. The van der Waals surface area contributed by atoms with Gasteiger partial charge in [-0.1, -0.05) is 24.8 Å². The predicted octanol–water partition coefficient (Wildman–Crippen LogP) is 4.80. The van der Waals surface area contributed by atoms with Gasteiger partial charge in [-0.25, -0.2) is 0 Å². The summed E-state index contributed by atoms with van der Waals surface area (Å²) in [7, 11) is 0. The highest BCUT2D eigenvalue weighted by Gasteiger charge is 2.13. The molecular weight excluding hydrogens is 276 g/mol. The van der Waals surface area contributed by atoms with Gasteiger partial charge in [0.1, 0.15) is 17.6 Å². The van der Waals surface area contributed by atoms with Gasteiger partial charge in [0.25, 0.3) is 0 Å². The summed E-state index contributed by atoms with van der Waals surface area (Å²) in [6.45, 7) is 7.55. The molecule has 0 bridgehead atoms. The van der Waals surface area contributed by atoms with Crippen LogP contribution < -0.4 is 0 Å². The highest BCUT2D eigenvalue weighted by Crippen LogP contribution is 2.32. The molecule has 2 rings (SSSR count). The smallest absolute Gasteiger partial charge is 0.129 e. The molecule has 1 unspecified atom stereocenters. The molecule has 2 N–H and O–H groups in total. The molecule has 0 aliphatic heterocycles. The molecule has 22 heavy (non-hydrogen) atoms. The Morgan fingerprint density at radius 1 is 1.14 bits per heavy atom. The Morgan fingerprint density at radius 2 is 1.82 bits per heavy atom. The third-order valence-electron chi connectivity index (χ3n) is 3.41. The van der Waals surface area contributed by atoms with Gasteiger partial charge in [0.05, 0.1) is 6.26 Å². The number of ether oxygens (including phenoxy) is 1. The largest absolute Gasteiger partial charge is 0.508 e. The molecule has 2 aromatic carbocycles. The van der Waals surface area contributed by atoms with E-state index in [2.05, 4.69) is 6.58 Å². The third kappa shape index (κ3) is 3.70. The van der Waals surface area contributed by atoms with Gasteiger partial charge < -0.3 is 14.9 Å².